The molecular weight excluding hydrogens is 166 g/mol. The minimum atomic E-state index is -0.998. The van der Waals surface area contributed by atoms with Crippen LogP contribution in [0.2, 0.25) is 12.1 Å². The van der Waals surface area contributed by atoms with Gasteiger partial charge in [0.2, 0.25) is 0 Å². The Labute approximate surface area is 77.7 Å². The zero-order valence-electron chi connectivity index (χ0n) is 8.38. The minimum absolute atomic E-state index is 0.998. The quantitative estimate of drug-likeness (QED) is 0.325. The van der Waals surface area contributed by atoms with Gasteiger partial charge in [-0.05, 0) is 12.1 Å². The van der Waals surface area contributed by atoms with Gasteiger partial charge in [0.05, 0.1) is 0 Å². The molecule has 0 aromatic carbocycles. The van der Waals surface area contributed by atoms with Gasteiger partial charge in [-0.15, -0.1) is 5.16 Å². The number of unbranched alkanes of at least 4 members (excludes halogenated alkanes) is 2. The Balaban J connectivity index is 3.46. The first-order valence-electron chi connectivity index (χ1n) is 4.97. The maximum atomic E-state index is 5.30. The molecule has 0 rings (SSSR count). The van der Waals surface area contributed by atoms with E-state index >= 15 is 0 Å². The molecule has 0 atom stereocenters. The number of rotatable bonds is 8. The van der Waals surface area contributed by atoms with Crippen molar-refractivity contribution in [2.45, 2.75) is 51.6 Å². The normalized spacial score (nSPS) is 10.2. The van der Waals surface area contributed by atoms with Crippen molar-refractivity contribution in [3.8, 4) is 0 Å². The summed E-state index contributed by atoms with van der Waals surface area (Å²) in [7, 11) is -0.998. The molecule has 0 aliphatic heterocycles. The highest BCUT2D eigenvalue weighted by molar-refractivity contribution is 6.51. The fourth-order valence-electron chi connectivity index (χ4n) is 1.22. The van der Waals surface area contributed by atoms with Crippen LogP contribution in [0.1, 0.15) is 39.5 Å². The summed E-state index contributed by atoms with van der Waals surface area (Å²) in [6, 6.07) is 2.52. The minimum Gasteiger partial charge on any atom is -0.459 e. The van der Waals surface area contributed by atoms with Gasteiger partial charge in [-0.25, -0.2) is 0 Å². The van der Waals surface area contributed by atoms with Crippen LogP contribution < -0.4 is 0 Å². The Morgan fingerprint density at radius 3 is 2.00 bits per heavy atom. The van der Waals surface area contributed by atoms with Gasteiger partial charge in [-0.3, -0.25) is 0 Å². The van der Waals surface area contributed by atoms with Crippen molar-refractivity contribution in [1.82, 2.24) is 0 Å². The summed E-state index contributed by atoms with van der Waals surface area (Å²) in [4.78, 5) is 0. The molecule has 12 heavy (non-hydrogen) atoms. The van der Waals surface area contributed by atoms with Crippen LogP contribution in [-0.4, -0.2) is 15.8 Å². The van der Waals surface area contributed by atoms with Crippen LogP contribution in [0, 0.1) is 0 Å². The molecule has 0 amide bonds. The Hall–Kier alpha value is -0.313. The molecule has 0 N–H and O–H groups in total. The van der Waals surface area contributed by atoms with E-state index in [-0.39, 0.29) is 0 Å². The van der Waals surface area contributed by atoms with E-state index in [4.69, 9.17) is 4.53 Å². The molecule has 0 fully saturated rings. The van der Waals surface area contributed by atoms with Crippen LogP contribution in [0.3, 0.4) is 0 Å². The van der Waals surface area contributed by atoms with E-state index < -0.39 is 9.04 Å². The summed E-state index contributed by atoms with van der Waals surface area (Å²) < 4.78 is 5.30. The van der Waals surface area contributed by atoms with E-state index in [1.54, 1.807) is 0 Å². The standard InChI is InChI=1S/C9H21NOSi/c1-4-6-8-12(11-10-3)9-7-5-2/h12H,3-9H2,1-2H3. The first-order valence-corrected chi connectivity index (χ1v) is 7.07. The Bertz CT molecular complexity index is 101. The van der Waals surface area contributed by atoms with Crippen molar-refractivity contribution in [3.63, 3.8) is 0 Å². The highest BCUT2D eigenvalue weighted by atomic mass is 28.3. The second-order valence-electron chi connectivity index (χ2n) is 3.14. The molecule has 0 saturated carbocycles. The first kappa shape index (κ1) is 11.7. The maximum Gasteiger partial charge on any atom is 0.272 e. The average molecular weight is 187 g/mol. The lowest BCUT2D eigenvalue weighted by Crippen LogP contribution is -2.14. The zero-order chi connectivity index (χ0) is 9.23. The molecule has 0 aromatic heterocycles. The molecule has 2 nitrogen and oxygen atoms in total. The maximum absolute atomic E-state index is 5.30. The van der Waals surface area contributed by atoms with Gasteiger partial charge in [0, 0.05) is 6.72 Å². The van der Waals surface area contributed by atoms with Crippen LogP contribution >= 0.6 is 0 Å². The van der Waals surface area contributed by atoms with E-state index in [2.05, 4.69) is 25.7 Å². The molecule has 0 aromatic rings. The second kappa shape index (κ2) is 8.78. The summed E-state index contributed by atoms with van der Waals surface area (Å²) in [5, 5.41) is 3.55. The largest absolute Gasteiger partial charge is 0.459 e. The SMILES string of the molecule is C=NO[SiH](CCCC)CCCC. The van der Waals surface area contributed by atoms with Crippen molar-refractivity contribution < 1.29 is 4.53 Å². The van der Waals surface area contributed by atoms with E-state index in [1.165, 1.54) is 37.8 Å². The van der Waals surface area contributed by atoms with Crippen molar-refractivity contribution in [2.75, 3.05) is 0 Å². The third-order valence-electron chi connectivity index (χ3n) is 1.98. The van der Waals surface area contributed by atoms with Gasteiger partial charge in [-0.1, -0.05) is 39.5 Å². The van der Waals surface area contributed by atoms with Crippen molar-refractivity contribution in [3.05, 3.63) is 0 Å². The van der Waals surface area contributed by atoms with E-state index in [1.807, 2.05) is 0 Å². The molecule has 0 aliphatic rings. The molecule has 0 bridgehead atoms. The van der Waals surface area contributed by atoms with Crippen molar-refractivity contribution >= 4 is 15.8 Å². The lowest BCUT2D eigenvalue weighted by Gasteiger charge is -2.11. The van der Waals surface area contributed by atoms with Gasteiger partial charge in [-0.2, -0.15) is 0 Å². The fraction of sp³-hybridized carbons (Fsp3) is 0.889. The molecule has 3 heteroatoms. The van der Waals surface area contributed by atoms with Crippen LogP contribution in [-0.2, 0) is 4.53 Å². The van der Waals surface area contributed by atoms with E-state index in [0.29, 0.717) is 0 Å². The molecule has 0 unspecified atom stereocenters. The van der Waals surface area contributed by atoms with Crippen LogP contribution in [0.15, 0.2) is 5.16 Å². The predicted octanol–water partition coefficient (Wildman–Crippen LogP) is 2.94. The summed E-state index contributed by atoms with van der Waals surface area (Å²) >= 11 is 0. The van der Waals surface area contributed by atoms with Crippen molar-refractivity contribution in [1.29, 1.82) is 0 Å². The number of oxime groups is 1. The molecule has 0 radical (unpaired) electrons. The predicted molar refractivity (Wildman–Crippen MR) is 57.2 cm³/mol. The molecule has 0 aliphatic carbocycles. The molecule has 72 valence electrons. The van der Waals surface area contributed by atoms with Gasteiger partial charge in [0.15, 0.2) is 0 Å². The Morgan fingerprint density at radius 1 is 1.17 bits per heavy atom. The summed E-state index contributed by atoms with van der Waals surface area (Å²) in [5.41, 5.74) is 0. The van der Waals surface area contributed by atoms with Gasteiger partial charge >= 0.3 is 0 Å². The molecular formula is C9H21NOSi. The number of hydrogen-bond acceptors (Lipinski definition) is 2. The summed E-state index contributed by atoms with van der Waals surface area (Å²) in [5.74, 6) is 0. The summed E-state index contributed by atoms with van der Waals surface area (Å²) in [6.07, 6.45) is 5.10. The highest BCUT2D eigenvalue weighted by Gasteiger charge is 2.11. The summed E-state index contributed by atoms with van der Waals surface area (Å²) in [6.45, 7) is 7.81. The fourth-order valence-corrected chi connectivity index (χ4v) is 3.66. The molecule has 0 saturated heterocycles. The van der Waals surface area contributed by atoms with Crippen LogP contribution in [0.4, 0.5) is 0 Å². The van der Waals surface area contributed by atoms with Crippen LogP contribution in [0.25, 0.3) is 0 Å². The first-order chi connectivity index (χ1) is 5.85. The zero-order valence-corrected chi connectivity index (χ0v) is 9.54. The smallest absolute Gasteiger partial charge is 0.272 e. The second-order valence-corrected chi connectivity index (χ2v) is 5.75. The third kappa shape index (κ3) is 6.40. The Kier molecular flexibility index (Phi) is 8.55. The van der Waals surface area contributed by atoms with Gasteiger partial charge in [0.25, 0.3) is 9.04 Å². The van der Waals surface area contributed by atoms with E-state index in [0.717, 1.165) is 0 Å². The van der Waals surface area contributed by atoms with Crippen molar-refractivity contribution in [2.24, 2.45) is 5.16 Å². The Morgan fingerprint density at radius 2 is 1.67 bits per heavy atom. The third-order valence-corrected chi connectivity index (χ3v) is 4.53. The monoisotopic (exact) mass is 187 g/mol. The highest BCUT2D eigenvalue weighted by Crippen LogP contribution is 2.10. The molecule has 0 heterocycles. The lowest BCUT2D eigenvalue weighted by molar-refractivity contribution is 0.344. The van der Waals surface area contributed by atoms with E-state index in [9.17, 15) is 0 Å². The molecule has 0 spiro atoms. The van der Waals surface area contributed by atoms with Crippen LogP contribution in [0.5, 0.6) is 0 Å². The number of hydrogen-bond donors (Lipinski definition) is 0. The van der Waals surface area contributed by atoms with Gasteiger partial charge < -0.3 is 4.53 Å². The topological polar surface area (TPSA) is 21.6 Å². The average Bonchev–Trinajstić information content (AvgIpc) is 2.10. The van der Waals surface area contributed by atoms with Gasteiger partial charge in [0.1, 0.15) is 0 Å². The lowest BCUT2D eigenvalue weighted by atomic mass is 10.4. The number of nitrogens with zero attached hydrogens (tertiary/aromatic N) is 1.